The molecule has 1 aromatic rings. The maximum absolute atomic E-state index is 12.7. The highest BCUT2D eigenvalue weighted by molar-refractivity contribution is 8.18. The largest absolute Gasteiger partial charge is 0.462 e. The highest BCUT2D eigenvalue weighted by Gasteiger charge is 2.33. The van der Waals surface area contributed by atoms with Gasteiger partial charge in [0.25, 0.3) is 5.91 Å². The molecule has 7 nitrogen and oxygen atoms in total. The van der Waals surface area contributed by atoms with E-state index in [0.29, 0.717) is 41.0 Å². The van der Waals surface area contributed by atoms with Crippen LogP contribution in [0.3, 0.4) is 0 Å². The van der Waals surface area contributed by atoms with Crippen LogP contribution in [0.15, 0.2) is 40.2 Å². The number of amides is 2. The summed E-state index contributed by atoms with van der Waals surface area (Å²) < 4.78 is 4.94. The van der Waals surface area contributed by atoms with Crippen LogP contribution < -0.4 is 5.32 Å². The number of carbonyl (C=O) groups excluding carboxylic acids is 3. The smallest absolute Gasteiger partial charge is 0.338 e. The second-order valence-electron chi connectivity index (χ2n) is 6.73. The van der Waals surface area contributed by atoms with E-state index in [2.05, 4.69) is 24.2 Å². The Morgan fingerprint density at radius 2 is 1.83 bits per heavy atom. The Kier molecular flexibility index (Phi) is 9.60. The summed E-state index contributed by atoms with van der Waals surface area (Å²) in [6, 6.07) is 6.41. The van der Waals surface area contributed by atoms with E-state index in [1.54, 1.807) is 36.1 Å². The molecule has 2 rings (SSSR count). The molecule has 0 aromatic heterocycles. The van der Waals surface area contributed by atoms with E-state index >= 15 is 0 Å². The molecule has 0 saturated carbocycles. The Hall–Kier alpha value is -2.61. The number of rotatable bonds is 10. The number of thioether (sulfide) groups is 1. The van der Waals surface area contributed by atoms with Gasteiger partial charge in [-0.3, -0.25) is 19.5 Å². The van der Waals surface area contributed by atoms with Gasteiger partial charge in [-0.15, -0.1) is 0 Å². The zero-order chi connectivity index (χ0) is 21.9. The summed E-state index contributed by atoms with van der Waals surface area (Å²) in [6.07, 6.45) is 5.16. The number of unbranched alkanes of at least 4 members (excludes halogenated alkanes) is 2. The molecule has 1 aromatic carbocycles. The zero-order valence-corrected chi connectivity index (χ0v) is 18.6. The minimum absolute atomic E-state index is 0.184. The van der Waals surface area contributed by atoms with Crippen molar-refractivity contribution in [2.45, 2.75) is 46.5 Å². The summed E-state index contributed by atoms with van der Waals surface area (Å²) in [5, 5.41) is 3.39. The Labute approximate surface area is 182 Å². The molecule has 1 N–H and O–H groups in total. The lowest BCUT2D eigenvalue weighted by atomic mass is 10.2. The molecule has 1 saturated heterocycles. The molecular formula is C22H29N3O4S. The number of nitrogens with zero attached hydrogens (tertiary/aromatic N) is 2. The fourth-order valence-corrected chi connectivity index (χ4v) is 3.67. The minimum Gasteiger partial charge on any atom is -0.462 e. The van der Waals surface area contributed by atoms with Gasteiger partial charge in [0.1, 0.15) is 0 Å². The molecule has 1 aliphatic rings. The number of carbonyl (C=O) groups is 3. The Morgan fingerprint density at radius 3 is 2.47 bits per heavy atom. The molecular weight excluding hydrogens is 402 g/mol. The SMILES string of the molecule is CCCCN=C1S/C(=C/C(=O)Nc2ccc(C(=O)OCC)cc2)C(=O)N1CCCC. The monoisotopic (exact) mass is 431 g/mol. The van der Waals surface area contributed by atoms with Crippen LogP contribution in [-0.2, 0) is 14.3 Å². The molecule has 0 bridgehead atoms. The lowest BCUT2D eigenvalue weighted by Crippen LogP contribution is -2.30. The van der Waals surface area contributed by atoms with Crippen LogP contribution in [0.25, 0.3) is 0 Å². The second-order valence-corrected chi connectivity index (χ2v) is 7.74. The molecule has 0 spiro atoms. The lowest BCUT2D eigenvalue weighted by molar-refractivity contribution is -0.122. The molecule has 162 valence electrons. The first-order valence-corrected chi connectivity index (χ1v) is 11.2. The van der Waals surface area contributed by atoms with Crippen LogP contribution in [0, 0.1) is 0 Å². The molecule has 2 amide bonds. The van der Waals surface area contributed by atoms with E-state index in [-0.39, 0.29) is 5.91 Å². The first-order chi connectivity index (χ1) is 14.5. The van der Waals surface area contributed by atoms with Gasteiger partial charge in [-0.05, 0) is 55.8 Å². The molecule has 0 radical (unpaired) electrons. The third kappa shape index (κ3) is 6.73. The topological polar surface area (TPSA) is 88.1 Å². The Bertz CT molecular complexity index is 818. The third-order valence-electron chi connectivity index (χ3n) is 4.31. The first-order valence-electron chi connectivity index (χ1n) is 10.3. The average molecular weight is 432 g/mol. The van der Waals surface area contributed by atoms with Gasteiger partial charge in [0.15, 0.2) is 5.17 Å². The van der Waals surface area contributed by atoms with Gasteiger partial charge in [0.05, 0.1) is 17.1 Å². The lowest BCUT2D eigenvalue weighted by Gasteiger charge is -2.14. The van der Waals surface area contributed by atoms with Gasteiger partial charge in [-0.2, -0.15) is 0 Å². The zero-order valence-electron chi connectivity index (χ0n) is 17.8. The van der Waals surface area contributed by atoms with Crippen molar-refractivity contribution in [1.29, 1.82) is 0 Å². The predicted molar refractivity (Wildman–Crippen MR) is 121 cm³/mol. The number of amidine groups is 1. The molecule has 0 atom stereocenters. The summed E-state index contributed by atoms with van der Waals surface area (Å²) in [5.74, 6) is -0.996. The summed E-state index contributed by atoms with van der Waals surface area (Å²) in [6.45, 7) is 7.47. The molecule has 0 unspecified atom stereocenters. The van der Waals surface area contributed by atoms with E-state index in [1.807, 2.05) is 0 Å². The maximum atomic E-state index is 12.7. The predicted octanol–water partition coefficient (Wildman–Crippen LogP) is 4.22. The standard InChI is InChI=1S/C22H29N3O4S/c1-4-7-13-23-22-25(14-8-5-2)20(27)18(30-22)15-19(26)24-17-11-9-16(10-12-17)21(28)29-6-3/h9-12,15H,4-8,13-14H2,1-3H3,(H,24,26)/b18-15+,23-22?. The van der Waals surface area contributed by atoms with Crippen molar-refractivity contribution in [3.05, 3.63) is 40.8 Å². The Morgan fingerprint density at radius 1 is 1.13 bits per heavy atom. The van der Waals surface area contributed by atoms with Crippen LogP contribution >= 0.6 is 11.8 Å². The van der Waals surface area contributed by atoms with Crippen LogP contribution in [0.2, 0.25) is 0 Å². The molecule has 1 fully saturated rings. The normalized spacial score (nSPS) is 16.4. The number of hydrogen-bond donors (Lipinski definition) is 1. The van der Waals surface area contributed by atoms with Gasteiger partial charge in [0.2, 0.25) is 5.91 Å². The number of ether oxygens (including phenoxy) is 1. The number of benzene rings is 1. The van der Waals surface area contributed by atoms with Crippen molar-refractivity contribution in [2.24, 2.45) is 4.99 Å². The Balaban J connectivity index is 2.07. The van der Waals surface area contributed by atoms with Crippen molar-refractivity contribution in [3.8, 4) is 0 Å². The number of nitrogens with one attached hydrogen (secondary N) is 1. The molecule has 1 heterocycles. The number of aliphatic imine (C=N–C) groups is 1. The summed E-state index contributed by atoms with van der Waals surface area (Å²) >= 11 is 1.24. The van der Waals surface area contributed by atoms with Crippen LogP contribution in [0.5, 0.6) is 0 Å². The molecule has 1 aliphatic heterocycles. The van der Waals surface area contributed by atoms with Gasteiger partial charge in [-0.25, -0.2) is 4.79 Å². The quantitative estimate of drug-likeness (QED) is 0.340. The second kappa shape index (κ2) is 12.2. The highest BCUT2D eigenvalue weighted by atomic mass is 32.2. The fraction of sp³-hybridized carbons (Fsp3) is 0.455. The van der Waals surface area contributed by atoms with Crippen molar-refractivity contribution in [3.63, 3.8) is 0 Å². The van der Waals surface area contributed by atoms with Gasteiger partial charge in [0, 0.05) is 24.9 Å². The maximum Gasteiger partial charge on any atom is 0.338 e. The van der Waals surface area contributed by atoms with E-state index in [9.17, 15) is 14.4 Å². The van der Waals surface area contributed by atoms with Gasteiger partial charge >= 0.3 is 5.97 Å². The molecule has 30 heavy (non-hydrogen) atoms. The minimum atomic E-state index is -0.410. The number of esters is 1. The average Bonchev–Trinajstić information content (AvgIpc) is 3.01. The third-order valence-corrected chi connectivity index (χ3v) is 5.35. The molecule has 0 aliphatic carbocycles. The van der Waals surface area contributed by atoms with Crippen LogP contribution in [0.1, 0.15) is 56.8 Å². The van der Waals surface area contributed by atoms with E-state index in [1.165, 1.54) is 17.8 Å². The summed E-state index contributed by atoms with van der Waals surface area (Å²) in [5.41, 5.74) is 0.939. The molecule has 8 heteroatoms. The van der Waals surface area contributed by atoms with Crippen molar-refractivity contribution in [2.75, 3.05) is 25.0 Å². The van der Waals surface area contributed by atoms with Crippen molar-refractivity contribution < 1.29 is 19.1 Å². The van der Waals surface area contributed by atoms with Gasteiger partial charge in [-0.1, -0.05) is 26.7 Å². The highest BCUT2D eigenvalue weighted by Crippen LogP contribution is 2.31. The first kappa shape index (κ1) is 23.7. The fourth-order valence-electron chi connectivity index (χ4n) is 2.67. The number of anilines is 1. The van der Waals surface area contributed by atoms with Crippen LogP contribution in [-0.4, -0.2) is 47.5 Å². The summed E-state index contributed by atoms with van der Waals surface area (Å²) in [7, 11) is 0. The van der Waals surface area contributed by atoms with Crippen molar-refractivity contribution >= 4 is 40.4 Å². The van der Waals surface area contributed by atoms with Crippen molar-refractivity contribution in [1.82, 2.24) is 4.90 Å². The van der Waals surface area contributed by atoms with E-state index in [4.69, 9.17) is 4.74 Å². The van der Waals surface area contributed by atoms with Crippen LogP contribution in [0.4, 0.5) is 5.69 Å². The number of hydrogen-bond acceptors (Lipinski definition) is 6. The van der Waals surface area contributed by atoms with Gasteiger partial charge < -0.3 is 10.1 Å². The summed E-state index contributed by atoms with van der Waals surface area (Å²) in [4.78, 5) is 43.4. The van der Waals surface area contributed by atoms with E-state index in [0.717, 1.165) is 25.7 Å². The van der Waals surface area contributed by atoms with E-state index < -0.39 is 11.9 Å².